The number of ether oxygens (including phenoxy) is 1. The van der Waals surface area contributed by atoms with Crippen molar-refractivity contribution >= 4 is 21.9 Å². The van der Waals surface area contributed by atoms with E-state index in [4.69, 9.17) is 14.4 Å². The number of aromatic carboxylic acids is 1. The van der Waals surface area contributed by atoms with Gasteiger partial charge < -0.3 is 19.2 Å². The Labute approximate surface area is 215 Å². The molecule has 0 saturated carbocycles. The molecule has 1 heterocycles. The molecule has 1 aromatic heterocycles. The van der Waals surface area contributed by atoms with Gasteiger partial charge >= 0.3 is 5.97 Å². The molecule has 3 rings (SSSR count). The molecule has 0 radical (unpaired) electrons. The summed E-state index contributed by atoms with van der Waals surface area (Å²) < 4.78 is 51.5. The van der Waals surface area contributed by atoms with Gasteiger partial charge in [0.15, 0.2) is 16.4 Å². The highest BCUT2D eigenvalue weighted by Gasteiger charge is 2.27. The van der Waals surface area contributed by atoms with Crippen LogP contribution in [0.5, 0.6) is 5.75 Å². The number of furan rings is 1. The Hall–Kier alpha value is -3.94. The molecule has 0 atom stereocenters. The second-order valence-electron chi connectivity index (χ2n) is 8.07. The highest BCUT2D eigenvalue weighted by Crippen LogP contribution is 2.37. The van der Waals surface area contributed by atoms with Crippen molar-refractivity contribution in [2.45, 2.75) is 24.5 Å². The van der Waals surface area contributed by atoms with Gasteiger partial charge in [0, 0.05) is 17.7 Å². The molecule has 8 nitrogen and oxygen atoms in total. The van der Waals surface area contributed by atoms with E-state index in [0.717, 1.165) is 25.2 Å². The third-order valence-corrected chi connectivity index (χ3v) is 7.51. The van der Waals surface area contributed by atoms with Crippen molar-refractivity contribution in [2.24, 2.45) is 0 Å². The van der Waals surface area contributed by atoms with Crippen molar-refractivity contribution in [3.05, 3.63) is 77.5 Å². The lowest BCUT2D eigenvalue weighted by Gasteiger charge is -2.16. The quantitative estimate of drug-likeness (QED) is 0.327. The average molecular weight is 527 g/mol. The number of rotatable bonds is 12. The number of benzene rings is 2. The molecule has 0 saturated heterocycles. The van der Waals surface area contributed by atoms with E-state index in [0.29, 0.717) is 17.7 Å². The summed E-state index contributed by atoms with van der Waals surface area (Å²) in [5, 5.41) is 19.0. The number of sulfone groups is 1. The zero-order valence-electron chi connectivity index (χ0n) is 20.5. The molecular formula is C27H27FN2O6S. The maximum Gasteiger partial charge on any atom is 0.339 e. The lowest BCUT2D eigenvalue weighted by molar-refractivity contribution is 0.0692. The van der Waals surface area contributed by atoms with Crippen molar-refractivity contribution < 1.29 is 31.9 Å². The minimum Gasteiger partial charge on any atom is -0.478 e. The summed E-state index contributed by atoms with van der Waals surface area (Å²) in [6.45, 7) is 5.72. The van der Waals surface area contributed by atoms with Gasteiger partial charge in [-0.2, -0.15) is 5.26 Å². The number of hydrogen-bond donors (Lipinski definition) is 1. The van der Waals surface area contributed by atoms with Crippen LogP contribution in [0, 0.1) is 17.1 Å². The van der Waals surface area contributed by atoms with Crippen LogP contribution in [-0.4, -0.2) is 50.6 Å². The van der Waals surface area contributed by atoms with Gasteiger partial charge in [0.2, 0.25) is 0 Å². The van der Waals surface area contributed by atoms with Crippen LogP contribution in [0.2, 0.25) is 0 Å². The summed E-state index contributed by atoms with van der Waals surface area (Å²) >= 11 is 0. The molecule has 0 unspecified atom stereocenters. The molecule has 2 aromatic carbocycles. The van der Waals surface area contributed by atoms with E-state index in [9.17, 15) is 22.7 Å². The van der Waals surface area contributed by atoms with E-state index in [-0.39, 0.29) is 27.3 Å². The maximum atomic E-state index is 14.0. The predicted octanol–water partition coefficient (Wildman–Crippen LogP) is 5.02. The molecule has 0 fully saturated rings. The summed E-state index contributed by atoms with van der Waals surface area (Å²) in [7, 11) is -4.12. The lowest BCUT2D eigenvalue weighted by Crippen LogP contribution is -2.22. The van der Waals surface area contributed by atoms with Gasteiger partial charge in [-0.1, -0.05) is 38.1 Å². The Morgan fingerprint density at radius 2 is 1.97 bits per heavy atom. The van der Waals surface area contributed by atoms with Gasteiger partial charge in [-0.15, -0.1) is 0 Å². The van der Waals surface area contributed by atoms with Crippen LogP contribution in [0.4, 0.5) is 4.39 Å². The van der Waals surface area contributed by atoms with Crippen molar-refractivity contribution in [1.82, 2.24) is 4.90 Å². The molecule has 3 aromatic rings. The number of likely N-dealkylation sites (N-methyl/N-ethyl adjacent to an activating group) is 1. The van der Waals surface area contributed by atoms with Crippen LogP contribution in [0.25, 0.3) is 17.2 Å². The van der Waals surface area contributed by atoms with Crippen molar-refractivity contribution in [2.75, 3.05) is 26.2 Å². The van der Waals surface area contributed by atoms with Crippen molar-refractivity contribution in [3.8, 4) is 22.9 Å². The number of carboxylic acids is 1. The summed E-state index contributed by atoms with van der Waals surface area (Å²) in [6, 6.07) is 9.65. The number of carbonyl (C=O) groups is 1. The third kappa shape index (κ3) is 6.64. The van der Waals surface area contributed by atoms with Crippen LogP contribution in [0.1, 0.15) is 35.3 Å². The molecular weight excluding hydrogens is 499 g/mol. The summed E-state index contributed by atoms with van der Waals surface area (Å²) in [5.74, 6) is -2.82. The standard InChI is InChI=1S/C27H27FN2O6S/c1-3-30(4-2)13-5-6-19-16-22(28)8-10-24(19)37(33,34)18-21-7-9-23(20-11-14-35-17-20)26(36-15-12-29)25(21)27(31)32/h5-11,14,16-17H,3-4,13,15,18H2,1-2H3,(H,31,32)/b6-5-. The third-order valence-electron chi connectivity index (χ3n) is 5.78. The minimum atomic E-state index is -4.12. The molecule has 194 valence electrons. The van der Waals surface area contributed by atoms with E-state index in [1.807, 2.05) is 13.8 Å². The first kappa shape index (κ1) is 27.6. The minimum absolute atomic E-state index is 0.0323. The number of hydrogen-bond acceptors (Lipinski definition) is 7. The van der Waals surface area contributed by atoms with Gasteiger partial charge in [-0.3, -0.25) is 0 Å². The molecule has 0 bridgehead atoms. The normalized spacial score (nSPS) is 11.6. The monoisotopic (exact) mass is 526 g/mol. The Bertz CT molecular complexity index is 1420. The topological polar surface area (TPSA) is 121 Å². The molecule has 0 aliphatic rings. The summed E-state index contributed by atoms with van der Waals surface area (Å²) in [5.41, 5.74) is 0.599. The zero-order valence-corrected chi connectivity index (χ0v) is 21.3. The van der Waals surface area contributed by atoms with Crippen LogP contribution in [-0.2, 0) is 15.6 Å². The van der Waals surface area contributed by atoms with E-state index < -0.39 is 34.0 Å². The van der Waals surface area contributed by atoms with E-state index in [1.165, 1.54) is 30.7 Å². The highest BCUT2D eigenvalue weighted by molar-refractivity contribution is 7.90. The van der Waals surface area contributed by atoms with E-state index in [2.05, 4.69) is 4.90 Å². The summed E-state index contributed by atoms with van der Waals surface area (Å²) in [6.07, 6.45) is 6.09. The molecule has 37 heavy (non-hydrogen) atoms. The van der Waals surface area contributed by atoms with Gasteiger partial charge in [0.25, 0.3) is 0 Å². The maximum absolute atomic E-state index is 14.0. The highest BCUT2D eigenvalue weighted by atomic mass is 32.2. The number of nitrogens with zero attached hydrogens (tertiary/aromatic N) is 2. The van der Waals surface area contributed by atoms with E-state index in [1.54, 1.807) is 24.3 Å². The van der Waals surface area contributed by atoms with E-state index >= 15 is 0 Å². The zero-order chi connectivity index (χ0) is 27.0. The van der Waals surface area contributed by atoms with Gasteiger partial charge in [0.05, 0.1) is 23.2 Å². The fourth-order valence-corrected chi connectivity index (χ4v) is 5.47. The SMILES string of the molecule is CCN(CC)C/C=C\c1cc(F)ccc1S(=O)(=O)Cc1ccc(-c2ccoc2)c(OCC#N)c1C(=O)O. The molecule has 0 aliphatic heterocycles. The Kier molecular flexibility index (Phi) is 9.22. The summed E-state index contributed by atoms with van der Waals surface area (Å²) in [4.78, 5) is 14.3. The number of nitriles is 1. The van der Waals surface area contributed by atoms with Crippen molar-refractivity contribution in [3.63, 3.8) is 0 Å². The molecule has 0 aliphatic carbocycles. The first-order valence-electron chi connectivity index (χ1n) is 11.5. The second-order valence-corrected chi connectivity index (χ2v) is 10.0. The predicted molar refractivity (Wildman–Crippen MR) is 136 cm³/mol. The van der Waals surface area contributed by atoms with Gasteiger partial charge in [-0.05, 0) is 48.5 Å². The molecule has 0 amide bonds. The second kappa shape index (κ2) is 12.3. The fraction of sp³-hybridized carbons (Fsp3) is 0.259. The first-order valence-corrected chi connectivity index (χ1v) is 13.2. The van der Waals surface area contributed by atoms with Crippen LogP contribution < -0.4 is 4.74 Å². The molecule has 1 N–H and O–H groups in total. The van der Waals surface area contributed by atoms with Gasteiger partial charge in [0.1, 0.15) is 23.2 Å². The lowest BCUT2D eigenvalue weighted by atomic mass is 9.99. The Balaban J connectivity index is 2.07. The number of carboxylic acid groups (broad SMARTS) is 1. The largest absolute Gasteiger partial charge is 0.478 e. The Morgan fingerprint density at radius 1 is 1.22 bits per heavy atom. The molecule has 10 heteroatoms. The number of halogens is 1. The molecule has 0 spiro atoms. The Morgan fingerprint density at radius 3 is 2.59 bits per heavy atom. The van der Waals surface area contributed by atoms with Crippen LogP contribution in [0.3, 0.4) is 0 Å². The smallest absolute Gasteiger partial charge is 0.339 e. The first-order chi connectivity index (χ1) is 17.7. The van der Waals surface area contributed by atoms with Gasteiger partial charge in [-0.25, -0.2) is 17.6 Å². The van der Waals surface area contributed by atoms with Crippen LogP contribution in [0.15, 0.2) is 64.3 Å². The fourth-order valence-electron chi connectivity index (χ4n) is 3.90. The average Bonchev–Trinajstić information content (AvgIpc) is 3.39. The van der Waals surface area contributed by atoms with Crippen LogP contribution >= 0.6 is 0 Å². The van der Waals surface area contributed by atoms with Crippen molar-refractivity contribution in [1.29, 1.82) is 5.26 Å².